The van der Waals surface area contributed by atoms with Crippen LogP contribution < -0.4 is 199 Å². The van der Waals surface area contributed by atoms with Crippen LogP contribution in [-0.2, 0) is 53.3 Å². The summed E-state index contributed by atoms with van der Waals surface area (Å²) in [5, 5.41) is 11.1. The van der Waals surface area contributed by atoms with Crippen molar-refractivity contribution in [3.8, 4) is 0 Å². The van der Waals surface area contributed by atoms with Gasteiger partial charge in [-0.05, 0) is 41.1 Å². The predicted octanol–water partition coefficient (Wildman–Crippen LogP) is -15.8. The van der Waals surface area contributed by atoms with Crippen molar-refractivity contribution in [3.63, 3.8) is 0 Å². The Balaban J connectivity index is 0.00000793. The number of hydrogen-bond donors (Lipinski definition) is 4. The van der Waals surface area contributed by atoms with Gasteiger partial charge in [0.25, 0.3) is 0 Å². The molecule has 0 atom stereocenters. The van der Waals surface area contributed by atoms with Gasteiger partial charge in [-0.3, -0.25) is 0 Å². The molecular formula is C38H32N10Na6O12S4. The molecule has 2 heterocycles. The molecule has 0 saturated heterocycles. The third-order valence-corrected chi connectivity index (χ3v) is 11.6. The van der Waals surface area contributed by atoms with Crippen LogP contribution in [0, 0.1) is 12.1 Å². The van der Waals surface area contributed by atoms with Crippen molar-refractivity contribution in [1.82, 2.24) is 29.9 Å². The Labute approximate surface area is 537 Å². The fourth-order valence-electron chi connectivity index (χ4n) is 5.54. The van der Waals surface area contributed by atoms with Crippen LogP contribution in [0.15, 0.2) is 94.7 Å². The number of benzene rings is 4. The van der Waals surface area contributed by atoms with Crippen LogP contribution in [0.3, 0.4) is 0 Å². The minimum atomic E-state index is -5.05. The van der Waals surface area contributed by atoms with E-state index in [0.29, 0.717) is 16.8 Å². The Kier molecular flexibility index (Phi) is 31.3. The molecule has 32 heteroatoms. The topological polar surface area (TPSA) is 354 Å². The molecule has 0 amide bonds. The van der Waals surface area contributed by atoms with Crippen molar-refractivity contribution in [2.24, 2.45) is 0 Å². The monoisotopic (exact) mass is 1090 g/mol. The predicted molar refractivity (Wildman–Crippen MR) is 226 cm³/mol. The van der Waals surface area contributed by atoms with Crippen molar-refractivity contribution in [1.29, 1.82) is 0 Å². The smallest absolute Gasteiger partial charge is 0.748 e. The first-order valence-corrected chi connectivity index (χ1v) is 24.3. The number of nitrogens with one attached hydrogen (secondary N) is 4. The Morgan fingerprint density at radius 2 is 0.986 bits per heavy atom. The summed E-state index contributed by atoms with van der Waals surface area (Å²) < 4.78 is 138. The van der Waals surface area contributed by atoms with Crippen LogP contribution in [0.4, 0.5) is 35.2 Å². The number of anilines is 6. The van der Waals surface area contributed by atoms with Gasteiger partial charge in [0.1, 0.15) is 31.9 Å². The van der Waals surface area contributed by atoms with Gasteiger partial charge in [0.15, 0.2) is 0 Å². The minimum absolute atomic E-state index is 0. The molecule has 0 saturated carbocycles. The molecule has 0 aliphatic heterocycles. The van der Waals surface area contributed by atoms with E-state index in [9.17, 15) is 51.9 Å². The summed E-state index contributed by atoms with van der Waals surface area (Å²) in [5.74, 6) is -1.37. The number of aromatic nitrogens is 6. The molecule has 336 valence electrons. The molecule has 0 aliphatic rings. The van der Waals surface area contributed by atoms with Crippen molar-refractivity contribution < 1.29 is 229 Å². The molecule has 22 nitrogen and oxygen atoms in total. The third-order valence-electron chi connectivity index (χ3n) is 8.43. The van der Waals surface area contributed by atoms with E-state index in [-0.39, 0.29) is 250 Å². The zero-order valence-electron chi connectivity index (χ0n) is 38.7. The van der Waals surface area contributed by atoms with E-state index < -0.39 is 61.8 Å². The molecule has 0 fully saturated rings. The second-order valence-corrected chi connectivity index (χ2v) is 19.1. The van der Waals surface area contributed by atoms with Gasteiger partial charge in [-0.25, -0.2) is 33.7 Å². The molecule has 0 radical (unpaired) electrons. The van der Waals surface area contributed by atoms with Crippen LogP contribution >= 0.6 is 0 Å². The van der Waals surface area contributed by atoms with E-state index in [1.165, 1.54) is 42.5 Å². The van der Waals surface area contributed by atoms with Gasteiger partial charge in [0.05, 0.1) is 41.5 Å². The van der Waals surface area contributed by atoms with Crippen molar-refractivity contribution in [2.75, 3.05) is 45.9 Å². The molecule has 0 bridgehead atoms. The van der Waals surface area contributed by atoms with Gasteiger partial charge >= 0.3 is 177 Å². The summed E-state index contributed by atoms with van der Waals surface area (Å²) in [6.45, 7) is -0.614. The molecule has 4 N–H and O–H groups in total. The Bertz CT molecular complexity index is 3140. The maximum Gasteiger partial charge on any atom is 1.00 e. The van der Waals surface area contributed by atoms with E-state index in [1.54, 1.807) is 36.4 Å². The maximum atomic E-state index is 12.4. The first kappa shape index (κ1) is 69.5. The van der Waals surface area contributed by atoms with Crippen LogP contribution in [-0.4, -0.2) is 106 Å². The Morgan fingerprint density at radius 1 is 0.514 bits per heavy atom. The van der Waals surface area contributed by atoms with Gasteiger partial charge in [-0.15, -0.1) is 30.3 Å². The van der Waals surface area contributed by atoms with E-state index in [2.05, 4.69) is 63.3 Å². The first-order valence-electron chi connectivity index (χ1n) is 18.3. The van der Waals surface area contributed by atoms with Gasteiger partial charge in [-0.1, -0.05) is 24.3 Å². The molecule has 0 unspecified atom stereocenters. The molecule has 2 aromatic heterocycles. The SMILES string of the molecule is O=S(=O)([O-])CCNc1nc(Cc2ccc(S(=O)(=O)[O-])cc2)nc(Nc2c[c-]c(/C=C/c3ccc(Nc4nc(Cc5cc[c-]cc5)nc(NCCS(=O)(=O)[O-])n4)cc3S(=O)(=O)[O-])cc2)n1.[Na+].[Na+].[Na+].[Na+].[Na+].[Na+]. The van der Waals surface area contributed by atoms with E-state index in [1.807, 2.05) is 0 Å². The third kappa shape index (κ3) is 24.0. The molecule has 6 aromatic rings. The maximum absolute atomic E-state index is 12.4. The number of rotatable bonds is 20. The van der Waals surface area contributed by atoms with E-state index in [4.69, 9.17) is 0 Å². The average molecular weight is 1090 g/mol. The van der Waals surface area contributed by atoms with Gasteiger partial charge in [-0.2, -0.15) is 71.4 Å². The van der Waals surface area contributed by atoms with Crippen LogP contribution in [0.5, 0.6) is 0 Å². The molecule has 0 aliphatic carbocycles. The zero-order chi connectivity index (χ0) is 46.1. The quantitative estimate of drug-likeness (QED) is 0.0239. The van der Waals surface area contributed by atoms with Crippen molar-refractivity contribution >= 4 is 87.8 Å². The normalized spacial score (nSPS) is 11.2. The second kappa shape index (κ2) is 31.5. The van der Waals surface area contributed by atoms with Gasteiger partial charge in [0, 0.05) is 31.6 Å². The summed E-state index contributed by atoms with van der Waals surface area (Å²) in [4.78, 5) is 24.7. The van der Waals surface area contributed by atoms with E-state index in [0.717, 1.165) is 23.8 Å². The summed E-state index contributed by atoms with van der Waals surface area (Å²) in [6.07, 6.45) is 3.13. The molecule has 4 aromatic carbocycles. The molecule has 0 spiro atoms. The standard InChI is InChI=1S/C38H36N10O12S4.6Na/c49-61(50,51)20-18-39-35-44-34(23-27-9-16-31(17-10-27)63(55,56)57)45-37(47-35)41-29-13-7-25(8-14-29)6-11-28-12-15-30(24-32(28)64(58,59)60)42-38-46-33(22-26-4-2-1-3-5-26)43-36(48-38)40-19-21-62(52,53)54;;;;;;/h2-7,9-17,24H,18-23H2,(H,49,50,51)(H,52,53,54)(H,55,56,57)(H,58,59,60)(H2,39,41,44,45,47)(H2,40,42,43,46,48);;;;;;/q-2;6*+1/p-4/b11-6+;;;;;;. The zero-order valence-corrected chi connectivity index (χ0v) is 54.0. The molecular weight excluding hydrogens is 1050 g/mol. The number of nitrogens with zero attached hydrogens (tertiary/aromatic N) is 6. The van der Waals surface area contributed by atoms with E-state index >= 15 is 0 Å². The van der Waals surface area contributed by atoms with Crippen LogP contribution in [0.25, 0.3) is 12.2 Å². The Hall–Kier alpha value is -0.520. The summed E-state index contributed by atoms with van der Waals surface area (Å²) in [6, 6.07) is 26.5. The summed E-state index contributed by atoms with van der Waals surface area (Å²) in [5.41, 5.74) is 2.32. The summed E-state index contributed by atoms with van der Waals surface area (Å²) >= 11 is 0. The minimum Gasteiger partial charge on any atom is -0.748 e. The van der Waals surface area contributed by atoms with Crippen molar-refractivity contribution in [3.05, 3.63) is 131 Å². The van der Waals surface area contributed by atoms with Gasteiger partial charge < -0.3 is 39.5 Å². The summed E-state index contributed by atoms with van der Waals surface area (Å²) in [7, 11) is -18.8. The fraction of sp³-hybridized carbons (Fsp3) is 0.158. The number of hydrogen-bond acceptors (Lipinski definition) is 22. The molecule has 70 heavy (non-hydrogen) atoms. The first-order chi connectivity index (χ1) is 30.1. The largest absolute Gasteiger partial charge is 1.00 e. The van der Waals surface area contributed by atoms with Gasteiger partial charge in [0.2, 0.25) is 23.8 Å². The second-order valence-electron chi connectivity index (χ2n) is 13.4. The van der Waals surface area contributed by atoms with Crippen LogP contribution in [0.1, 0.15) is 33.9 Å². The van der Waals surface area contributed by atoms with Crippen LogP contribution in [0.2, 0.25) is 0 Å². The van der Waals surface area contributed by atoms with Crippen molar-refractivity contribution in [2.45, 2.75) is 22.6 Å². The average Bonchev–Trinajstić information content (AvgIpc) is 3.20. The Morgan fingerprint density at radius 3 is 1.44 bits per heavy atom. The molecule has 6 rings (SSSR count). The fourth-order valence-corrected chi connectivity index (χ4v) is 7.41.